The highest BCUT2D eigenvalue weighted by Crippen LogP contribution is 2.34. The second-order valence-corrected chi connectivity index (χ2v) is 7.58. The maximum Gasteiger partial charge on any atom is 0.249 e. The highest BCUT2D eigenvalue weighted by atomic mass is 16.3. The van der Waals surface area contributed by atoms with E-state index in [0.29, 0.717) is 5.92 Å². The predicted octanol–water partition coefficient (Wildman–Crippen LogP) is 2.26. The number of aliphatic hydroxyl groups is 1. The van der Waals surface area contributed by atoms with Gasteiger partial charge in [-0.2, -0.15) is 0 Å². The second-order valence-electron chi connectivity index (χ2n) is 7.58. The molecule has 5 heteroatoms. The Morgan fingerprint density at radius 3 is 2.88 bits per heavy atom. The Bertz CT molecular complexity index is 803. The van der Waals surface area contributed by atoms with Crippen LogP contribution in [0.4, 0.5) is 5.69 Å². The Kier molecular flexibility index (Phi) is 4.12. The summed E-state index contributed by atoms with van der Waals surface area (Å²) in [5, 5.41) is 14.2. The van der Waals surface area contributed by atoms with Gasteiger partial charge in [-0.1, -0.05) is 13.0 Å². The quantitative estimate of drug-likeness (QED) is 0.897. The molecule has 2 aromatic rings. The zero-order valence-corrected chi connectivity index (χ0v) is 14.8. The number of rotatable bonds is 4. The molecule has 1 aromatic heterocycles. The lowest BCUT2D eigenvalue weighted by atomic mass is 10.1. The van der Waals surface area contributed by atoms with Crippen LogP contribution in [-0.2, 0) is 4.79 Å². The van der Waals surface area contributed by atoms with Crippen LogP contribution in [0.3, 0.4) is 0 Å². The standard InChI is InChI=1S/C20H25N3O2/c1-12-5-8-17(15-4-3-9-21-18(12)15)23-10-13(2)16(11-23)22-20(25)19(24)14-6-7-14/h3-5,8-9,13-14,16,19,24H,6-7,10-11H2,1-2H3,(H,22,25). The molecule has 1 saturated heterocycles. The number of nitrogens with zero attached hydrogens (tertiary/aromatic N) is 2. The topological polar surface area (TPSA) is 65.5 Å². The largest absolute Gasteiger partial charge is 0.383 e. The second kappa shape index (κ2) is 6.30. The van der Waals surface area contributed by atoms with E-state index in [1.165, 1.54) is 11.3 Å². The van der Waals surface area contributed by atoms with Crippen LogP contribution in [0.5, 0.6) is 0 Å². The van der Waals surface area contributed by atoms with Crippen molar-refractivity contribution in [3.63, 3.8) is 0 Å². The van der Waals surface area contributed by atoms with E-state index in [4.69, 9.17) is 0 Å². The monoisotopic (exact) mass is 339 g/mol. The van der Waals surface area contributed by atoms with Crippen molar-refractivity contribution in [2.75, 3.05) is 18.0 Å². The zero-order chi connectivity index (χ0) is 17.6. The van der Waals surface area contributed by atoms with Crippen LogP contribution < -0.4 is 10.2 Å². The third-order valence-electron chi connectivity index (χ3n) is 5.57. The molecule has 3 unspecified atom stereocenters. The fourth-order valence-electron chi connectivity index (χ4n) is 3.82. The summed E-state index contributed by atoms with van der Waals surface area (Å²) in [6, 6.07) is 8.40. The number of hydrogen-bond acceptors (Lipinski definition) is 4. The third-order valence-corrected chi connectivity index (χ3v) is 5.57. The first-order valence-corrected chi connectivity index (χ1v) is 9.12. The maximum atomic E-state index is 12.2. The molecule has 0 bridgehead atoms. The molecule has 25 heavy (non-hydrogen) atoms. The van der Waals surface area contributed by atoms with E-state index >= 15 is 0 Å². The Morgan fingerprint density at radius 1 is 1.32 bits per heavy atom. The molecule has 2 heterocycles. The molecular weight excluding hydrogens is 314 g/mol. The number of anilines is 1. The normalized spacial score (nSPS) is 24.5. The summed E-state index contributed by atoms with van der Waals surface area (Å²) < 4.78 is 0. The molecule has 2 fully saturated rings. The Balaban J connectivity index is 1.53. The molecule has 2 N–H and O–H groups in total. The molecule has 0 radical (unpaired) electrons. The molecule has 0 spiro atoms. The van der Waals surface area contributed by atoms with Gasteiger partial charge in [-0.25, -0.2) is 0 Å². The number of amides is 1. The Morgan fingerprint density at radius 2 is 2.12 bits per heavy atom. The van der Waals surface area contributed by atoms with E-state index in [2.05, 4.69) is 47.2 Å². The van der Waals surface area contributed by atoms with Gasteiger partial charge in [-0.3, -0.25) is 9.78 Å². The van der Waals surface area contributed by atoms with Crippen LogP contribution in [0.25, 0.3) is 10.9 Å². The van der Waals surface area contributed by atoms with E-state index in [-0.39, 0.29) is 17.9 Å². The van der Waals surface area contributed by atoms with Crippen LogP contribution in [0, 0.1) is 18.8 Å². The zero-order valence-electron chi connectivity index (χ0n) is 14.8. The SMILES string of the molecule is Cc1ccc(N2CC(C)C(NC(=O)C(O)C3CC3)C2)c2cccnc12. The highest BCUT2D eigenvalue weighted by molar-refractivity contribution is 5.94. The van der Waals surface area contributed by atoms with Crippen LogP contribution in [0.2, 0.25) is 0 Å². The first kappa shape index (κ1) is 16.3. The lowest BCUT2D eigenvalue weighted by molar-refractivity contribution is -0.131. The average Bonchev–Trinajstić information content (AvgIpc) is 3.40. The summed E-state index contributed by atoms with van der Waals surface area (Å²) in [6.07, 6.45) is 2.91. The molecule has 5 nitrogen and oxygen atoms in total. The third kappa shape index (κ3) is 3.09. The molecule has 1 saturated carbocycles. The number of aliphatic hydroxyl groups excluding tert-OH is 1. The van der Waals surface area contributed by atoms with Crippen molar-refractivity contribution in [2.24, 2.45) is 11.8 Å². The molecule has 1 aliphatic heterocycles. The van der Waals surface area contributed by atoms with E-state index < -0.39 is 6.10 Å². The van der Waals surface area contributed by atoms with Gasteiger partial charge in [-0.15, -0.1) is 0 Å². The van der Waals surface area contributed by atoms with Gasteiger partial charge >= 0.3 is 0 Å². The van der Waals surface area contributed by atoms with Gasteiger partial charge in [0, 0.05) is 30.4 Å². The minimum Gasteiger partial charge on any atom is -0.383 e. The number of carbonyl (C=O) groups is 1. The average molecular weight is 339 g/mol. The molecule has 3 atom stereocenters. The van der Waals surface area contributed by atoms with Crippen LogP contribution in [0.1, 0.15) is 25.3 Å². The van der Waals surface area contributed by atoms with E-state index in [1.54, 1.807) is 0 Å². The number of benzene rings is 1. The van der Waals surface area contributed by atoms with Crippen LogP contribution >= 0.6 is 0 Å². The van der Waals surface area contributed by atoms with Gasteiger partial charge < -0.3 is 15.3 Å². The number of carbonyl (C=O) groups excluding carboxylic acids is 1. The minimum absolute atomic E-state index is 0.0638. The number of nitrogens with one attached hydrogen (secondary N) is 1. The predicted molar refractivity (Wildman–Crippen MR) is 98.5 cm³/mol. The molecule has 4 rings (SSSR count). The number of aryl methyl sites for hydroxylation is 1. The number of hydrogen-bond donors (Lipinski definition) is 2. The summed E-state index contributed by atoms with van der Waals surface area (Å²) in [6.45, 7) is 5.88. The molecule has 1 amide bonds. The van der Waals surface area contributed by atoms with Crippen LogP contribution in [0.15, 0.2) is 30.5 Å². The van der Waals surface area contributed by atoms with Crippen molar-refractivity contribution in [2.45, 2.75) is 38.8 Å². The molecule has 1 aromatic carbocycles. The van der Waals surface area contributed by atoms with Gasteiger partial charge in [-0.05, 0) is 55.4 Å². The molecule has 132 valence electrons. The summed E-state index contributed by atoms with van der Waals surface area (Å²) in [5.41, 5.74) is 3.37. The van der Waals surface area contributed by atoms with E-state index in [0.717, 1.165) is 36.8 Å². The van der Waals surface area contributed by atoms with E-state index in [1.807, 2.05) is 12.3 Å². The first-order valence-electron chi connectivity index (χ1n) is 9.12. The first-order chi connectivity index (χ1) is 12.0. The lowest BCUT2D eigenvalue weighted by Gasteiger charge is -2.22. The maximum absolute atomic E-state index is 12.2. The number of pyridine rings is 1. The van der Waals surface area contributed by atoms with Gasteiger partial charge in [0.25, 0.3) is 0 Å². The summed E-state index contributed by atoms with van der Waals surface area (Å²) in [4.78, 5) is 19.1. The fourth-order valence-corrected chi connectivity index (χ4v) is 3.82. The minimum atomic E-state index is -0.842. The highest BCUT2D eigenvalue weighted by Gasteiger charge is 2.38. The summed E-state index contributed by atoms with van der Waals surface area (Å²) >= 11 is 0. The van der Waals surface area contributed by atoms with E-state index in [9.17, 15) is 9.90 Å². The van der Waals surface area contributed by atoms with Gasteiger partial charge in [0.05, 0.1) is 11.6 Å². The molecule has 2 aliphatic rings. The van der Waals surface area contributed by atoms with Crippen molar-refractivity contribution in [1.29, 1.82) is 0 Å². The lowest BCUT2D eigenvalue weighted by Crippen LogP contribution is -2.45. The molecular formula is C20H25N3O2. The van der Waals surface area contributed by atoms with Gasteiger partial charge in [0.2, 0.25) is 5.91 Å². The van der Waals surface area contributed by atoms with Crippen molar-refractivity contribution < 1.29 is 9.90 Å². The fraction of sp³-hybridized carbons (Fsp3) is 0.500. The van der Waals surface area contributed by atoms with Crippen molar-refractivity contribution in [3.05, 3.63) is 36.0 Å². The number of fused-ring (bicyclic) bond motifs is 1. The van der Waals surface area contributed by atoms with Crippen LogP contribution in [-0.4, -0.2) is 41.2 Å². The summed E-state index contributed by atoms with van der Waals surface area (Å²) in [7, 11) is 0. The van der Waals surface area contributed by atoms with Crippen molar-refractivity contribution >= 4 is 22.5 Å². The Labute approximate surface area is 148 Å². The Hall–Kier alpha value is -2.14. The van der Waals surface area contributed by atoms with Crippen molar-refractivity contribution in [3.8, 4) is 0 Å². The molecule has 1 aliphatic carbocycles. The number of aromatic nitrogens is 1. The summed E-state index contributed by atoms with van der Waals surface area (Å²) in [5.74, 6) is 0.292. The van der Waals surface area contributed by atoms with Gasteiger partial charge in [0.15, 0.2) is 0 Å². The van der Waals surface area contributed by atoms with Gasteiger partial charge in [0.1, 0.15) is 6.10 Å². The van der Waals surface area contributed by atoms with Crippen molar-refractivity contribution in [1.82, 2.24) is 10.3 Å². The smallest absolute Gasteiger partial charge is 0.249 e.